The summed E-state index contributed by atoms with van der Waals surface area (Å²) in [6.07, 6.45) is 4.68. The maximum atomic E-state index is 16.9. The van der Waals surface area contributed by atoms with Gasteiger partial charge in [0.1, 0.15) is 5.60 Å². The van der Waals surface area contributed by atoms with Crippen molar-refractivity contribution in [3.8, 4) is 0 Å². The van der Waals surface area contributed by atoms with E-state index in [1.165, 1.54) is 19.1 Å². The molecular formula is C22H29FO4. The van der Waals surface area contributed by atoms with Crippen LogP contribution in [0, 0.1) is 28.6 Å². The average Bonchev–Trinajstić information content (AvgIpc) is 2.85. The minimum Gasteiger partial charge on any atom is -0.390 e. The van der Waals surface area contributed by atoms with E-state index >= 15 is 4.39 Å². The number of hydrogen-bond acceptors (Lipinski definition) is 4. The maximum Gasteiger partial charge on any atom is 0.178 e. The van der Waals surface area contributed by atoms with Crippen LogP contribution in [-0.4, -0.2) is 39.2 Å². The van der Waals surface area contributed by atoms with E-state index < -0.39 is 34.1 Å². The summed E-state index contributed by atoms with van der Waals surface area (Å²) in [6, 6.07) is 0. The molecule has 3 saturated carbocycles. The van der Waals surface area contributed by atoms with Crippen LogP contribution in [0.3, 0.4) is 0 Å². The Morgan fingerprint density at radius 3 is 2.59 bits per heavy atom. The molecule has 4 rings (SSSR count). The summed E-state index contributed by atoms with van der Waals surface area (Å²) in [7, 11) is 0. The smallest absolute Gasteiger partial charge is 0.178 e. The Kier molecular flexibility index (Phi) is 3.79. The van der Waals surface area contributed by atoms with E-state index in [0.717, 1.165) is 5.57 Å². The molecule has 0 aromatic rings. The Balaban J connectivity index is 1.86. The summed E-state index contributed by atoms with van der Waals surface area (Å²) in [5.41, 5.74) is -4.59. The first kappa shape index (κ1) is 19.0. The molecule has 0 aliphatic heterocycles. The van der Waals surface area contributed by atoms with Gasteiger partial charge in [-0.25, -0.2) is 4.39 Å². The van der Waals surface area contributed by atoms with E-state index in [1.807, 2.05) is 13.8 Å². The molecule has 148 valence electrons. The van der Waals surface area contributed by atoms with Crippen LogP contribution in [0.2, 0.25) is 0 Å². The first-order chi connectivity index (χ1) is 12.4. The molecule has 0 spiro atoms. The normalized spacial score (nSPS) is 54.0. The van der Waals surface area contributed by atoms with Gasteiger partial charge in [0.2, 0.25) is 0 Å². The second-order valence-electron chi connectivity index (χ2n) is 9.75. The zero-order valence-electron chi connectivity index (χ0n) is 16.5. The van der Waals surface area contributed by atoms with Crippen LogP contribution in [0.25, 0.3) is 0 Å². The number of ketones is 2. The summed E-state index contributed by atoms with van der Waals surface area (Å²) in [5, 5.41) is 22.3. The van der Waals surface area contributed by atoms with Crippen LogP contribution in [-0.2, 0) is 9.59 Å². The zero-order valence-corrected chi connectivity index (χ0v) is 16.5. The number of rotatable bonds is 1. The molecule has 5 heteroatoms. The average molecular weight is 376 g/mol. The predicted octanol–water partition coefficient (Wildman–Crippen LogP) is 2.92. The SMILES string of the molecule is CC(=O)[C@@]1(O)CC[C@H]2[C@@H]3CC(C)C4=CC(=O)C=C[C@]4(C)[C@@]3(F)C(O)C[C@@]21C. The van der Waals surface area contributed by atoms with Crippen molar-refractivity contribution in [1.29, 1.82) is 0 Å². The van der Waals surface area contributed by atoms with Crippen molar-refractivity contribution in [2.75, 3.05) is 0 Å². The minimum absolute atomic E-state index is 0.00153. The summed E-state index contributed by atoms with van der Waals surface area (Å²) in [4.78, 5) is 24.2. The molecule has 2 N–H and O–H groups in total. The van der Waals surface area contributed by atoms with Crippen molar-refractivity contribution < 1.29 is 24.2 Å². The summed E-state index contributed by atoms with van der Waals surface area (Å²) < 4.78 is 16.9. The van der Waals surface area contributed by atoms with E-state index in [9.17, 15) is 19.8 Å². The van der Waals surface area contributed by atoms with Gasteiger partial charge in [0.05, 0.1) is 6.10 Å². The van der Waals surface area contributed by atoms with Crippen molar-refractivity contribution in [1.82, 2.24) is 0 Å². The van der Waals surface area contributed by atoms with E-state index in [1.54, 1.807) is 13.0 Å². The van der Waals surface area contributed by atoms with Crippen molar-refractivity contribution in [2.45, 2.75) is 70.8 Å². The molecule has 27 heavy (non-hydrogen) atoms. The molecule has 3 fully saturated rings. The first-order valence-electron chi connectivity index (χ1n) is 9.97. The molecule has 0 aromatic heterocycles. The summed E-state index contributed by atoms with van der Waals surface area (Å²) in [5.74, 6) is -1.11. The Hall–Kier alpha value is -1.33. The highest BCUT2D eigenvalue weighted by molar-refractivity contribution is 6.01. The number of Topliss-reactive ketones (excluding diaryl/α,β-unsaturated/α-hetero) is 1. The first-order valence-corrected chi connectivity index (χ1v) is 9.97. The second-order valence-corrected chi connectivity index (χ2v) is 9.75. The van der Waals surface area contributed by atoms with Gasteiger partial charge in [0, 0.05) is 16.7 Å². The number of allylic oxidation sites excluding steroid dienone is 4. The predicted molar refractivity (Wildman–Crippen MR) is 98.5 cm³/mol. The lowest BCUT2D eigenvalue weighted by molar-refractivity contribution is -0.219. The number of halogens is 1. The van der Waals surface area contributed by atoms with Crippen LogP contribution < -0.4 is 0 Å². The van der Waals surface area contributed by atoms with Crippen molar-refractivity contribution in [3.63, 3.8) is 0 Å². The molecule has 0 bridgehead atoms. The van der Waals surface area contributed by atoms with E-state index in [4.69, 9.17) is 0 Å². The van der Waals surface area contributed by atoms with E-state index in [0.29, 0.717) is 19.3 Å². The Labute approximate surface area is 159 Å². The molecule has 0 amide bonds. The van der Waals surface area contributed by atoms with Crippen molar-refractivity contribution in [2.24, 2.45) is 28.6 Å². The molecule has 0 aromatic carbocycles. The maximum absolute atomic E-state index is 16.9. The fourth-order valence-corrected chi connectivity index (χ4v) is 7.18. The number of carbonyl (C=O) groups excluding carboxylic acids is 2. The zero-order chi connectivity index (χ0) is 20.0. The highest BCUT2D eigenvalue weighted by Crippen LogP contribution is 2.70. The largest absolute Gasteiger partial charge is 0.390 e. The highest BCUT2D eigenvalue weighted by atomic mass is 19.1. The van der Waals surface area contributed by atoms with Gasteiger partial charge in [-0.1, -0.05) is 25.5 Å². The van der Waals surface area contributed by atoms with Crippen LogP contribution >= 0.6 is 0 Å². The van der Waals surface area contributed by atoms with Gasteiger partial charge in [-0.2, -0.15) is 0 Å². The quantitative estimate of drug-likeness (QED) is 0.738. The van der Waals surface area contributed by atoms with Gasteiger partial charge in [-0.05, 0) is 63.5 Å². The third-order valence-electron chi connectivity index (χ3n) is 8.70. The minimum atomic E-state index is -1.92. The van der Waals surface area contributed by atoms with Gasteiger partial charge in [0.15, 0.2) is 17.2 Å². The Bertz CT molecular complexity index is 787. The lowest BCUT2D eigenvalue weighted by Gasteiger charge is -2.63. The lowest BCUT2D eigenvalue weighted by atomic mass is 9.43. The molecule has 8 atom stereocenters. The van der Waals surface area contributed by atoms with Gasteiger partial charge >= 0.3 is 0 Å². The van der Waals surface area contributed by atoms with Crippen LogP contribution in [0.1, 0.15) is 53.4 Å². The fourth-order valence-electron chi connectivity index (χ4n) is 7.18. The molecule has 2 unspecified atom stereocenters. The van der Waals surface area contributed by atoms with Gasteiger partial charge in [-0.3, -0.25) is 9.59 Å². The lowest BCUT2D eigenvalue weighted by Crippen LogP contribution is -2.69. The summed E-state index contributed by atoms with van der Waals surface area (Å²) in [6.45, 7) is 7.01. The van der Waals surface area contributed by atoms with Crippen LogP contribution in [0.4, 0.5) is 4.39 Å². The highest BCUT2D eigenvalue weighted by Gasteiger charge is 2.74. The number of alkyl halides is 1. The molecule has 0 heterocycles. The number of carbonyl (C=O) groups is 2. The molecule has 0 radical (unpaired) electrons. The Morgan fingerprint density at radius 2 is 1.96 bits per heavy atom. The second kappa shape index (κ2) is 5.38. The monoisotopic (exact) mass is 376 g/mol. The standard InChI is InChI=1S/C22H29FO4/c1-12-9-17-15-6-8-21(27,13(2)24)20(15,4)11-18(26)22(17,23)19(3)7-5-14(25)10-16(12)19/h5,7,10,12,15,17-18,26-27H,6,8-9,11H2,1-4H3/t12?,15-,17-,18?,19-,20-,21-,22-/m0/s1. The van der Waals surface area contributed by atoms with Crippen molar-refractivity contribution >= 4 is 11.6 Å². The number of hydrogen-bond donors (Lipinski definition) is 2. The third-order valence-corrected chi connectivity index (χ3v) is 8.70. The van der Waals surface area contributed by atoms with Crippen LogP contribution in [0.5, 0.6) is 0 Å². The van der Waals surface area contributed by atoms with E-state index in [-0.39, 0.29) is 29.8 Å². The number of aliphatic hydroxyl groups excluding tert-OH is 1. The molecule has 0 saturated heterocycles. The van der Waals surface area contributed by atoms with Crippen molar-refractivity contribution in [3.05, 3.63) is 23.8 Å². The summed E-state index contributed by atoms with van der Waals surface area (Å²) >= 11 is 0. The van der Waals surface area contributed by atoms with Gasteiger partial charge in [-0.15, -0.1) is 0 Å². The van der Waals surface area contributed by atoms with E-state index in [2.05, 4.69) is 0 Å². The fraction of sp³-hybridized carbons (Fsp3) is 0.727. The molecule has 4 aliphatic carbocycles. The van der Waals surface area contributed by atoms with Crippen LogP contribution in [0.15, 0.2) is 23.8 Å². The topological polar surface area (TPSA) is 74.6 Å². The molecule has 4 nitrogen and oxygen atoms in total. The number of aliphatic hydroxyl groups is 2. The molecular weight excluding hydrogens is 347 g/mol. The molecule has 4 aliphatic rings. The van der Waals surface area contributed by atoms with Gasteiger partial charge in [0.25, 0.3) is 0 Å². The Morgan fingerprint density at radius 1 is 1.30 bits per heavy atom. The van der Waals surface area contributed by atoms with Gasteiger partial charge < -0.3 is 10.2 Å². The number of fused-ring (bicyclic) bond motifs is 5. The third kappa shape index (κ3) is 2.00.